The molecule has 0 unspecified atom stereocenters. The molecule has 0 fully saturated rings. The maximum Gasteiger partial charge on any atom is 0.416 e. The van der Waals surface area contributed by atoms with Crippen molar-refractivity contribution in [3.8, 4) is 5.75 Å². The highest BCUT2D eigenvalue weighted by Gasteiger charge is 2.32. The lowest BCUT2D eigenvalue weighted by Crippen LogP contribution is -2.47. The van der Waals surface area contributed by atoms with Gasteiger partial charge < -0.3 is 24.0 Å². The van der Waals surface area contributed by atoms with Gasteiger partial charge in [-0.15, -0.1) is 0 Å². The average molecular weight is 710 g/mol. The number of nitrogens with zero attached hydrogens (tertiary/aromatic N) is 4. The molecule has 0 aliphatic carbocycles. The molecule has 1 aliphatic heterocycles. The number of sulfonamides is 1. The van der Waals surface area contributed by atoms with E-state index >= 15 is 0 Å². The zero-order chi connectivity index (χ0) is 35.9. The number of halogens is 3. The minimum absolute atomic E-state index is 0.134. The first-order valence-electron chi connectivity index (χ1n) is 16.3. The van der Waals surface area contributed by atoms with Crippen LogP contribution < -0.4 is 9.46 Å². The summed E-state index contributed by atoms with van der Waals surface area (Å²) in [7, 11) is -0.534. The summed E-state index contributed by atoms with van der Waals surface area (Å²) in [5.74, 6) is -0.393. The van der Waals surface area contributed by atoms with Crippen LogP contribution in [-0.2, 0) is 34.5 Å². The predicted octanol–water partition coefficient (Wildman–Crippen LogP) is 5.17. The number of fused-ring (bicyclic) bond motifs is 1. The van der Waals surface area contributed by atoms with Crippen molar-refractivity contribution in [3.05, 3.63) is 71.7 Å². The Morgan fingerprint density at radius 1 is 1.14 bits per heavy atom. The van der Waals surface area contributed by atoms with Crippen molar-refractivity contribution < 1.29 is 41.0 Å². The minimum atomic E-state index is -4.41. The Morgan fingerprint density at radius 3 is 2.49 bits per heavy atom. The molecular formula is C34H46F3N5O6S. The third-order valence-electron chi connectivity index (χ3n) is 8.49. The number of carbonyl (C=O) groups is 1. The molecule has 1 aliphatic rings. The summed E-state index contributed by atoms with van der Waals surface area (Å²) >= 11 is 0. The molecule has 2 aromatic carbocycles. The summed E-state index contributed by atoms with van der Waals surface area (Å²) in [6, 6.07) is 9.00. The van der Waals surface area contributed by atoms with Gasteiger partial charge in [-0.25, -0.2) is 4.98 Å². The van der Waals surface area contributed by atoms with Crippen molar-refractivity contribution in [1.82, 2.24) is 19.4 Å². The lowest BCUT2D eigenvalue weighted by molar-refractivity contribution is -0.137. The quantitative estimate of drug-likeness (QED) is 0.312. The molecule has 0 bridgehead atoms. The van der Waals surface area contributed by atoms with Crippen LogP contribution in [0.2, 0.25) is 0 Å². The van der Waals surface area contributed by atoms with E-state index in [1.54, 1.807) is 20.0 Å². The summed E-state index contributed by atoms with van der Waals surface area (Å²) in [5, 5.41) is 10.0. The number of likely N-dealkylation sites (N-methyl/N-ethyl adjacent to an activating group) is 1. The summed E-state index contributed by atoms with van der Waals surface area (Å²) in [5.41, 5.74) is 0.291. The zero-order valence-corrected chi connectivity index (χ0v) is 29.3. The molecule has 0 spiro atoms. The molecule has 1 amide bonds. The first kappa shape index (κ1) is 38.1. The van der Waals surface area contributed by atoms with Gasteiger partial charge in [-0.2, -0.15) is 21.6 Å². The zero-order valence-electron chi connectivity index (χ0n) is 28.5. The SMILES string of the molecule is C[C@@H]1CCCCO[C@@H](CN(C)Cc2ccc(C(F)(F)F)cc2)[C@H](C)CN([C@H](C)CO)C(=O)c2cc(NS(=O)(=O)c3cn(C)cn3)ccc2O1. The Morgan fingerprint density at radius 2 is 1.86 bits per heavy atom. The van der Waals surface area contributed by atoms with E-state index in [4.69, 9.17) is 9.47 Å². The van der Waals surface area contributed by atoms with Gasteiger partial charge in [0.15, 0.2) is 5.03 Å². The fourth-order valence-corrected chi connectivity index (χ4v) is 6.70. The standard InChI is InChI=1S/C34H46F3N5O6S/c1-23-17-42(24(2)21-43)33(44)29-16-28(39-49(45,46)32-20-41(5)22-38-32)13-14-30(29)48-25(3)8-6-7-15-47-31(23)19-40(4)18-26-9-11-27(12-10-26)34(35,36)37/h9-14,16,20,22-25,31,39,43H,6-8,15,17-19,21H2,1-5H3/t23-,24-,25-,31+/m1/s1. The van der Waals surface area contributed by atoms with Gasteiger partial charge in [0.1, 0.15) is 5.75 Å². The van der Waals surface area contributed by atoms with E-state index in [9.17, 15) is 31.5 Å². The van der Waals surface area contributed by atoms with E-state index < -0.39 is 33.7 Å². The van der Waals surface area contributed by atoms with Gasteiger partial charge in [-0.1, -0.05) is 19.1 Å². The molecule has 0 saturated heterocycles. The van der Waals surface area contributed by atoms with Crippen molar-refractivity contribution in [2.75, 3.05) is 38.1 Å². The minimum Gasteiger partial charge on any atom is -0.490 e. The molecule has 2 N–H and O–H groups in total. The van der Waals surface area contributed by atoms with Crippen LogP contribution >= 0.6 is 0 Å². The highest BCUT2D eigenvalue weighted by molar-refractivity contribution is 7.92. The second-order valence-electron chi connectivity index (χ2n) is 12.9. The number of rotatable bonds is 9. The number of aromatic nitrogens is 2. The second-order valence-corrected chi connectivity index (χ2v) is 14.5. The molecule has 1 aromatic heterocycles. The van der Waals surface area contributed by atoms with Crippen LogP contribution in [0.1, 0.15) is 61.5 Å². The smallest absolute Gasteiger partial charge is 0.416 e. The normalized spacial score (nSPS) is 20.7. The lowest BCUT2D eigenvalue weighted by atomic mass is 10.0. The van der Waals surface area contributed by atoms with Gasteiger partial charge in [0.25, 0.3) is 15.9 Å². The Hall–Kier alpha value is -3.66. The largest absolute Gasteiger partial charge is 0.490 e. The molecule has 4 rings (SSSR count). The number of hydrogen-bond acceptors (Lipinski definition) is 8. The number of carbonyl (C=O) groups excluding carboxylic acids is 1. The third kappa shape index (κ3) is 10.4. The van der Waals surface area contributed by atoms with Crippen LogP contribution in [0.5, 0.6) is 5.75 Å². The number of nitrogens with one attached hydrogen (secondary N) is 1. The molecule has 0 radical (unpaired) electrons. The van der Waals surface area contributed by atoms with Crippen LogP contribution in [0.3, 0.4) is 0 Å². The van der Waals surface area contributed by atoms with Crippen LogP contribution in [0.15, 0.2) is 60.0 Å². The Labute approximate surface area is 286 Å². The van der Waals surface area contributed by atoms with E-state index in [0.29, 0.717) is 31.9 Å². The van der Waals surface area contributed by atoms with E-state index in [1.165, 1.54) is 46.3 Å². The van der Waals surface area contributed by atoms with Gasteiger partial charge in [0, 0.05) is 51.1 Å². The Bertz CT molecular complexity index is 1650. The maximum atomic E-state index is 14.3. The third-order valence-corrected chi connectivity index (χ3v) is 9.75. The molecule has 270 valence electrons. The van der Waals surface area contributed by atoms with Crippen LogP contribution in [0.25, 0.3) is 0 Å². The predicted molar refractivity (Wildman–Crippen MR) is 179 cm³/mol. The first-order chi connectivity index (χ1) is 23.1. The lowest BCUT2D eigenvalue weighted by Gasteiger charge is -2.36. The molecule has 3 aromatic rings. The number of imidazole rings is 1. The van der Waals surface area contributed by atoms with E-state index in [1.807, 2.05) is 25.8 Å². The Balaban J connectivity index is 1.60. The summed E-state index contributed by atoms with van der Waals surface area (Å²) < 4.78 is 81.9. The fraction of sp³-hybridized carbons (Fsp3) is 0.529. The average Bonchev–Trinajstić information content (AvgIpc) is 3.49. The van der Waals surface area contributed by atoms with Crippen molar-refractivity contribution in [2.24, 2.45) is 13.0 Å². The van der Waals surface area contributed by atoms with Crippen molar-refractivity contribution in [1.29, 1.82) is 0 Å². The van der Waals surface area contributed by atoms with Crippen LogP contribution in [-0.4, -0.2) is 90.4 Å². The van der Waals surface area contributed by atoms with Gasteiger partial charge in [-0.3, -0.25) is 14.4 Å². The highest BCUT2D eigenvalue weighted by Crippen LogP contribution is 2.31. The molecule has 4 atom stereocenters. The number of aliphatic hydroxyl groups excluding tert-OH is 1. The monoisotopic (exact) mass is 709 g/mol. The van der Waals surface area contributed by atoms with Crippen molar-refractivity contribution in [2.45, 2.75) is 76.0 Å². The van der Waals surface area contributed by atoms with Crippen LogP contribution in [0, 0.1) is 5.92 Å². The fourth-order valence-electron chi connectivity index (χ4n) is 5.67. The number of hydrogen-bond donors (Lipinski definition) is 2. The number of ether oxygens (including phenoxy) is 2. The molecule has 49 heavy (non-hydrogen) atoms. The molecule has 2 heterocycles. The summed E-state index contributed by atoms with van der Waals surface area (Å²) in [6.45, 7) is 6.73. The molecule has 11 nitrogen and oxygen atoms in total. The molecule has 15 heteroatoms. The number of aliphatic hydroxyl groups is 1. The van der Waals surface area contributed by atoms with Gasteiger partial charge in [0.05, 0.1) is 42.3 Å². The highest BCUT2D eigenvalue weighted by atomic mass is 32.2. The van der Waals surface area contributed by atoms with E-state index in [-0.39, 0.29) is 47.6 Å². The summed E-state index contributed by atoms with van der Waals surface area (Å²) in [6.07, 6.45) is -0.0614. The van der Waals surface area contributed by atoms with Gasteiger partial charge >= 0.3 is 6.18 Å². The Kier molecular flexibility index (Phi) is 12.7. The van der Waals surface area contributed by atoms with Gasteiger partial charge in [0.2, 0.25) is 0 Å². The molecular weight excluding hydrogens is 663 g/mol. The maximum absolute atomic E-state index is 14.3. The van der Waals surface area contributed by atoms with Gasteiger partial charge in [-0.05, 0) is 76.1 Å². The molecule has 0 saturated carbocycles. The number of amides is 1. The second kappa shape index (κ2) is 16.4. The number of anilines is 1. The van der Waals surface area contributed by atoms with Crippen molar-refractivity contribution in [3.63, 3.8) is 0 Å². The topological polar surface area (TPSA) is 126 Å². The van der Waals surface area contributed by atoms with E-state index in [0.717, 1.165) is 30.5 Å². The van der Waals surface area contributed by atoms with Crippen molar-refractivity contribution >= 4 is 21.6 Å². The number of alkyl halides is 3. The number of benzene rings is 2. The van der Waals surface area contributed by atoms with Crippen LogP contribution in [0.4, 0.5) is 18.9 Å². The number of aryl methyl sites for hydroxylation is 1. The van der Waals surface area contributed by atoms with E-state index in [2.05, 4.69) is 9.71 Å². The first-order valence-corrected chi connectivity index (χ1v) is 17.7. The summed E-state index contributed by atoms with van der Waals surface area (Å²) in [4.78, 5) is 21.8.